The van der Waals surface area contributed by atoms with Gasteiger partial charge in [0, 0.05) is 0 Å². The molecule has 0 amide bonds. The topological polar surface area (TPSA) is 26.3 Å². The van der Waals surface area contributed by atoms with Crippen molar-refractivity contribution < 1.29 is 9.53 Å². The Hall–Kier alpha value is -0.530. The van der Waals surface area contributed by atoms with Gasteiger partial charge in [-0.15, -0.1) is 0 Å². The lowest BCUT2D eigenvalue weighted by Gasteiger charge is -2.34. The summed E-state index contributed by atoms with van der Waals surface area (Å²) >= 11 is 0. The maximum absolute atomic E-state index is 11.9. The first kappa shape index (κ1) is 14.5. The summed E-state index contributed by atoms with van der Waals surface area (Å²) in [5.41, 5.74) is -0.733. The SMILES string of the molecule is CCC(C)C(C)(C)OC(=O)C(C)(C)CC. The van der Waals surface area contributed by atoms with Crippen LogP contribution in [0.2, 0.25) is 0 Å². The van der Waals surface area contributed by atoms with Crippen molar-refractivity contribution in [2.75, 3.05) is 0 Å². The molecule has 0 aliphatic carbocycles. The molecule has 0 aromatic rings. The predicted octanol–water partition coefficient (Wildman–Crippen LogP) is 3.79. The second-order valence-electron chi connectivity index (χ2n) is 5.54. The Labute approximate surface area is 94.4 Å². The number of ether oxygens (including phenoxy) is 1. The van der Waals surface area contributed by atoms with E-state index in [4.69, 9.17) is 4.74 Å². The molecule has 1 atom stereocenters. The molecule has 0 N–H and O–H groups in total. The Morgan fingerprint density at radius 2 is 1.67 bits per heavy atom. The van der Waals surface area contributed by atoms with Crippen molar-refractivity contribution in [3.63, 3.8) is 0 Å². The van der Waals surface area contributed by atoms with Crippen molar-refractivity contribution in [2.45, 2.75) is 66.9 Å². The highest BCUT2D eigenvalue weighted by molar-refractivity contribution is 5.76. The summed E-state index contributed by atoms with van der Waals surface area (Å²) in [7, 11) is 0. The lowest BCUT2D eigenvalue weighted by molar-refractivity contribution is -0.172. The predicted molar refractivity (Wildman–Crippen MR) is 63.7 cm³/mol. The third kappa shape index (κ3) is 3.84. The van der Waals surface area contributed by atoms with Crippen LogP contribution in [0.1, 0.15) is 61.3 Å². The highest BCUT2D eigenvalue weighted by Gasteiger charge is 2.35. The molecule has 0 saturated carbocycles. The van der Waals surface area contributed by atoms with Crippen molar-refractivity contribution in [2.24, 2.45) is 11.3 Å². The summed E-state index contributed by atoms with van der Waals surface area (Å²) in [4.78, 5) is 11.9. The van der Waals surface area contributed by atoms with Crippen LogP contribution >= 0.6 is 0 Å². The molecule has 1 unspecified atom stereocenters. The van der Waals surface area contributed by atoms with Crippen LogP contribution < -0.4 is 0 Å². The van der Waals surface area contributed by atoms with E-state index in [-0.39, 0.29) is 17.0 Å². The summed E-state index contributed by atoms with van der Waals surface area (Å²) in [6.07, 6.45) is 1.83. The molecule has 0 bridgehead atoms. The van der Waals surface area contributed by atoms with E-state index in [0.29, 0.717) is 5.92 Å². The Morgan fingerprint density at radius 3 is 2.00 bits per heavy atom. The molecule has 0 fully saturated rings. The molecule has 0 radical (unpaired) electrons. The Bertz CT molecular complexity index is 217. The minimum absolute atomic E-state index is 0.0877. The molecule has 0 saturated heterocycles. The van der Waals surface area contributed by atoms with E-state index in [1.54, 1.807) is 0 Å². The summed E-state index contributed by atoms with van der Waals surface area (Å²) in [5.74, 6) is 0.296. The largest absolute Gasteiger partial charge is 0.459 e. The third-order valence-corrected chi connectivity index (χ3v) is 3.59. The van der Waals surface area contributed by atoms with Gasteiger partial charge in [0.25, 0.3) is 0 Å². The number of esters is 1. The molecule has 0 heterocycles. The average molecular weight is 214 g/mol. The van der Waals surface area contributed by atoms with E-state index in [9.17, 15) is 4.79 Å². The molecular weight excluding hydrogens is 188 g/mol. The molecule has 0 aliphatic rings. The van der Waals surface area contributed by atoms with Crippen molar-refractivity contribution >= 4 is 5.97 Å². The van der Waals surface area contributed by atoms with E-state index in [2.05, 4.69) is 13.8 Å². The van der Waals surface area contributed by atoms with Crippen LogP contribution in [0.3, 0.4) is 0 Å². The highest BCUT2D eigenvalue weighted by Crippen LogP contribution is 2.29. The van der Waals surface area contributed by atoms with E-state index in [1.165, 1.54) is 0 Å². The minimum Gasteiger partial charge on any atom is -0.459 e. The smallest absolute Gasteiger partial charge is 0.312 e. The molecule has 0 aliphatic heterocycles. The summed E-state index contributed by atoms with van der Waals surface area (Å²) in [6.45, 7) is 14.1. The van der Waals surface area contributed by atoms with E-state index < -0.39 is 0 Å². The van der Waals surface area contributed by atoms with Crippen LogP contribution in [0.4, 0.5) is 0 Å². The van der Waals surface area contributed by atoms with Gasteiger partial charge in [0.05, 0.1) is 5.41 Å². The van der Waals surface area contributed by atoms with Gasteiger partial charge in [0.1, 0.15) is 5.60 Å². The van der Waals surface area contributed by atoms with Gasteiger partial charge in [-0.05, 0) is 46.5 Å². The number of carbonyl (C=O) groups excluding carboxylic acids is 1. The highest BCUT2D eigenvalue weighted by atomic mass is 16.6. The normalized spacial score (nSPS) is 14.9. The van der Waals surface area contributed by atoms with Gasteiger partial charge in [-0.2, -0.15) is 0 Å². The lowest BCUT2D eigenvalue weighted by atomic mass is 9.87. The first-order valence-electron chi connectivity index (χ1n) is 5.90. The zero-order valence-electron chi connectivity index (χ0n) is 11.3. The fraction of sp³-hybridized carbons (Fsp3) is 0.923. The average Bonchev–Trinajstić information content (AvgIpc) is 2.15. The van der Waals surface area contributed by atoms with E-state index in [1.807, 2.05) is 34.6 Å². The summed E-state index contributed by atoms with van der Waals surface area (Å²) < 4.78 is 5.61. The van der Waals surface area contributed by atoms with Crippen molar-refractivity contribution in [3.05, 3.63) is 0 Å². The van der Waals surface area contributed by atoms with Crippen LogP contribution in [0.5, 0.6) is 0 Å². The maximum atomic E-state index is 11.9. The van der Waals surface area contributed by atoms with Gasteiger partial charge in [-0.1, -0.05) is 20.8 Å². The van der Waals surface area contributed by atoms with Gasteiger partial charge in [-0.25, -0.2) is 0 Å². The fourth-order valence-corrected chi connectivity index (χ4v) is 1.11. The van der Waals surface area contributed by atoms with Crippen molar-refractivity contribution in [1.29, 1.82) is 0 Å². The number of carbonyl (C=O) groups is 1. The van der Waals surface area contributed by atoms with Crippen LogP contribution in [-0.2, 0) is 9.53 Å². The van der Waals surface area contributed by atoms with E-state index >= 15 is 0 Å². The fourth-order valence-electron chi connectivity index (χ4n) is 1.11. The first-order chi connectivity index (χ1) is 6.67. The van der Waals surface area contributed by atoms with Crippen LogP contribution in [0.15, 0.2) is 0 Å². The summed E-state index contributed by atoms with van der Waals surface area (Å²) in [6, 6.07) is 0. The second kappa shape index (κ2) is 5.00. The second-order valence-corrected chi connectivity index (χ2v) is 5.54. The molecule has 0 aromatic heterocycles. The molecule has 90 valence electrons. The minimum atomic E-state index is -0.370. The molecule has 0 spiro atoms. The number of hydrogen-bond acceptors (Lipinski definition) is 2. The van der Waals surface area contributed by atoms with Crippen molar-refractivity contribution in [1.82, 2.24) is 0 Å². The molecule has 0 aromatic carbocycles. The monoisotopic (exact) mass is 214 g/mol. The Balaban J connectivity index is 4.53. The van der Waals surface area contributed by atoms with Gasteiger partial charge >= 0.3 is 5.97 Å². The molecule has 0 rings (SSSR count). The quantitative estimate of drug-likeness (QED) is 0.651. The molecular formula is C13H26O2. The van der Waals surface area contributed by atoms with Gasteiger partial charge in [-0.3, -0.25) is 4.79 Å². The van der Waals surface area contributed by atoms with Crippen molar-refractivity contribution in [3.8, 4) is 0 Å². The third-order valence-electron chi connectivity index (χ3n) is 3.59. The molecule has 2 nitrogen and oxygen atoms in total. The zero-order chi connectivity index (χ0) is 12.3. The number of rotatable bonds is 5. The van der Waals surface area contributed by atoms with Gasteiger partial charge in [0.2, 0.25) is 0 Å². The van der Waals surface area contributed by atoms with Gasteiger partial charge < -0.3 is 4.74 Å². The maximum Gasteiger partial charge on any atom is 0.312 e. The standard InChI is InChI=1S/C13H26O2/c1-8-10(3)13(6,7)15-11(14)12(4,5)9-2/h10H,8-9H2,1-7H3. The van der Waals surface area contributed by atoms with Crippen LogP contribution in [0, 0.1) is 11.3 Å². The number of hydrogen-bond donors (Lipinski definition) is 0. The van der Waals surface area contributed by atoms with Crippen LogP contribution in [0.25, 0.3) is 0 Å². The zero-order valence-corrected chi connectivity index (χ0v) is 11.3. The summed E-state index contributed by atoms with van der Waals surface area (Å²) in [5, 5.41) is 0. The van der Waals surface area contributed by atoms with Gasteiger partial charge in [0.15, 0.2) is 0 Å². The Morgan fingerprint density at radius 1 is 1.20 bits per heavy atom. The lowest BCUT2D eigenvalue weighted by Crippen LogP contribution is -2.39. The van der Waals surface area contributed by atoms with E-state index in [0.717, 1.165) is 12.8 Å². The Kier molecular flexibility index (Phi) is 4.82. The molecule has 2 heteroatoms. The molecule has 15 heavy (non-hydrogen) atoms. The van der Waals surface area contributed by atoms with Crippen LogP contribution in [-0.4, -0.2) is 11.6 Å². The first-order valence-corrected chi connectivity index (χ1v) is 5.90.